The zero-order chi connectivity index (χ0) is 10.3. The lowest BCUT2D eigenvalue weighted by molar-refractivity contribution is -0.138. The number of carboxylic acid groups (broad SMARTS) is 1. The molecular weight excluding hydrogens is 176 g/mol. The topological polar surface area (TPSA) is 131 Å². The Morgan fingerprint density at radius 3 is 2.69 bits per heavy atom. The third kappa shape index (κ3) is 5.74. The monoisotopic (exact) mass is 187 g/mol. The second-order valence-corrected chi connectivity index (χ2v) is 2.38. The first-order valence-corrected chi connectivity index (χ1v) is 3.65. The molecule has 0 aromatic carbocycles. The SMILES string of the molecule is N=C([N]CCC[C@H](N)C(=O)O)N=O. The molecule has 0 aromatic rings. The Balaban J connectivity index is 3.40. The van der Waals surface area contributed by atoms with Gasteiger partial charge in [-0.05, 0) is 12.8 Å². The van der Waals surface area contributed by atoms with E-state index in [4.69, 9.17) is 16.2 Å². The number of hydrogen-bond acceptors (Lipinski definition) is 4. The van der Waals surface area contributed by atoms with Gasteiger partial charge >= 0.3 is 5.97 Å². The normalized spacial score (nSPS) is 11.8. The third-order valence-electron chi connectivity index (χ3n) is 1.34. The highest BCUT2D eigenvalue weighted by Crippen LogP contribution is 1.93. The second-order valence-electron chi connectivity index (χ2n) is 2.38. The maximum absolute atomic E-state index is 10.2. The van der Waals surface area contributed by atoms with Crippen molar-refractivity contribution in [2.75, 3.05) is 6.54 Å². The summed E-state index contributed by atoms with van der Waals surface area (Å²) in [6.07, 6.45) is 0.691. The van der Waals surface area contributed by atoms with E-state index in [1.165, 1.54) is 0 Å². The van der Waals surface area contributed by atoms with Gasteiger partial charge in [0.15, 0.2) is 0 Å². The lowest BCUT2D eigenvalue weighted by Crippen LogP contribution is -2.30. The molecule has 0 rings (SSSR count). The van der Waals surface area contributed by atoms with Crippen molar-refractivity contribution in [3.05, 3.63) is 4.91 Å². The molecule has 0 amide bonds. The molecule has 0 aliphatic rings. The molecule has 7 heteroatoms. The van der Waals surface area contributed by atoms with Crippen LogP contribution in [-0.2, 0) is 4.79 Å². The Morgan fingerprint density at radius 2 is 2.23 bits per heavy atom. The van der Waals surface area contributed by atoms with Crippen molar-refractivity contribution < 1.29 is 9.90 Å². The van der Waals surface area contributed by atoms with Crippen molar-refractivity contribution >= 4 is 11.9 Å². The van der Waals surface area contributed by atoms with Gasteiger partial charge in [0.2, 0.25) is 0 Å². The van der Waals surface area contributed by atoms with E-state index < -0.39 is 18.0 Å². The van der Waals surface area contributed by atoms with Gasteiger partial charge in [0.05, 0.1) is 0 Å². The smallest absolute Gasteiger partial charge is 0.320 e. The first-order valence-electron chi connectivity index (χ1n) is 3.65. The highest BCUT2D eigenvalue weighted by molar-refractivity contribution is 5.76. The van der Waals surface area contributed by atoms with Crippen LogP contribution in [0.5, 0.6) is 0 Å². The predicted octanol–water partition coefficient (Wildman–Crippen LogP) is -0.516. The average Bonchev–Trinajstić information content (AvgIpc) is 2.11. The zero-order valence-electron chi connectivity index (χ0n) is 6.93. The number of guanidine groups is 1. The third-order valence-corrected chi connectivity index (χ3v) is 1.34. The van der Waals surface area contributed by atoms with E-state index in [0.717, 1.165) is 0 Å². The molecule has 0 aliphatic carbocycles. The van der Waals surface area contributed by atoms with Crippen LogP contribution in [0.25, 0.3) is 0 Å². The van der Waals surface area contributed by atoms with Gasteiger partial charge in [-0.1, -0.05) is 0 Å². The number of nitrogens with one attached hydrogen (secondary N) is 1. The van der Waals surface area contributed by atoms with Crippen molar-refractivity contribution in [2.24, 2.45) is 10.9 Å². The number of hydrogen-bond donors (Lipinski definition) is 3. The summed E-state index contributed by atoms with van der Waals surface area (Å²) in [5.41, 5.74) is 5.19. The molecular formula is C6H11N4O3. The fourth-order valence-corrected chi connectivity index (χ4v) is 0.649. The predicted molar refractivity (Wildman–Crippen MR) is 45.4 cm³/mol. The largest absolute Gasteiger partial charge is 0.480 e. The quantitative estimate of drug-likeness (QED) is 0.231. The van der Waals surface area contributed by atoms with E-state index in [2.05, 4.69) is 10.5 Å². The summed E-state index contributed by atoms with van der Waals surface area (Å²) in [7, 11) is 0. The molecule has 4 N–H and O–H groups in total. The van der Waals surface area contributed by atoms with Crippen LogP contribution < -0.4 is 11.1 Å². The van der Waals surface area contributed by atoms with Gasteiger partial charge in [0.25, 0.3) is 5.96 Å². The molecule has 0 spiro atoms. The number of nitrogens with two attached hydrogens (primary N) is 1. The lowest BCUT2D eigenvalue weighted by Gasteiger charge is -2.04. The van der Waals surface area contributed by atoms with E-state index in [0.29, 0.717) is 6.42 Å². The van der Waals surface area contributed by atoms with Crippen LogP contribution in [-0.4, -0.2) is 29.6 Å². The molecule has 0 heterocycles. The van der Waals surface area contributed by atoms with Crippen LogP contribution in [0.15, 0.2) is 5.18 Å². The van der Waals surface area contributed by atoms with Crippen molar-refractivity contribution in [3.8, 4) is 0 Å². The molecule has 0 aromatic heterocycles. The fourth-order valence-electron chi connectivity index (χ4n) is 0.649. The number of carbonyl (C=O) groups is 1. The van der Waals surface area contributed by atoms with E-state index in [9.17, 15) is 9.70 Å². The lowest BCUT2D eigenvalue weighted by atomic mass is 10.2. The highest BCUT2D eigenvalue weighted by atomic mass is 16.4. The Hall–Kier alpha value is -1.50. The molecule has 1 radical (unpaired) electrons. The maximum Gasteiger partial charge on any atom is 0.320 e. The van der Waals surface area contributed by atoms with E-state index >= 15 is 0 Å². The molecule has 0 saturated carbocycles. The van der Waals surface area contributed by atoms with Gasteiger partial charge in [-0.2, -0.15) is 0 Å². The molecule has 0 unspecified atom stereocenters. The van der Waals surface area contributed by atoms with Crippen molar-refractivity contribution in [1.82, 2.24) is 5.32 Å². The number of nitroso groups, excluding NO2 is 1. The van der Waals surface area contributed by atoms with Crippen LogP contribution in [0.1, 0.15) is 12.8 Å². The number of rotatable bonds is 5. The molecule has 73 valence electrons. The highest BCUT2D eigenvalue weighted by Gasteiger charge is 2.10. The summed E-state index contributed by atoms with van der Waals surface area (Å²) >= 11 is 0. The number of carboxylic acids is 1. The second kappa shape index (κ2) is 6.06. The average molecular weight is 187 g/mol. The van der Waals surface area contributed by atoms with Gasteiger partial charge in [0.1, 0.15) is 6.04 Å². The fraction of sp³-hybridized carbons (Fsp3) is 0.667. The first kappa shape index (κ1) is 11.5. The van der Waals surface area contributed by atoms with Crippen LogP contribution in [0.3, 0.4) is 0 Å². The van der Waals surface area contributed by atoms with Crippen LogP contribution in [0.2, 0.25) is 0 Å². The minimum absolute atomic E-state index is 0.200. The molecule has 0 bridgehead atoms. The molecule has 0 fully saturated rings. The summed E-state index contributed by atoms with van der Waals surface area (Å²) < 4.78 is 0. The number of nitrogens with zero attached hydrogens (tertiary/aromatic N) is 2. The summed E-state index contributed by atoms with van der Waals surface area (Å²) in [5, 5.41) is 20.8. The van der Waals surface area contributed by atoms with E-state index in [1.54, 1.807) is 0 Å². The summed E-state index contributed by atoms with van der Waals surface area (Å²) in [5.74, 6) is -1.65. The molecule has 0 aliphatic heterocycles. The van der Waals surface area contributed by atoms with E-state index in [-0.39, 0.29) is 13.0 Å². The van der Waals surface area contributed by atoms with Gasteiger partial charge in [-0.15, -0.1) is 4.91 Å². The Bertz CT molecular complexity index is 206. The summed E-state index contributed by atoms with van der Waals surface area (Å²) in [4.78, 5) is 19.9. The maximum atomic E-state index is 10.2. The zero-order valence-corrected chi connectivity index (χ0v) is 6.93. The Kier molecular flexibility index (Phi) is 5.37. The molecule has 0 saturated heterocycles. The Labute approximate surface area is 74.8 Å². The van der Waals surface area contributed by atoms with Crippen molar-refractivity contribution in [1.29, 1.82) is 5.41 Å². The molecule has 13 heavy (non-hydrogen) atoms. The van der Waals surface area contributed by atoms with Crippen molar-refractivity contribution in [2.45, 2.75) is 18.9 Å². The standard InChI is InChI=1S/C6H11N4O3/c7-4(5(11)12)2-1-3-9-6(8)10-13/h4,8H,1-3,7H2,(H,11,12)/t4-/m0/s1. The van der Waals surface area contributed by atoms with Gasteiger partial charge < -0.3 is 10.8 Å². The van der Waals surface area contributed by atoms with Crippen molar-refractivity contribution in [3.63, 3.8) is 0 Å². The minimum atomic E-state index is -1.07. The summed E-state index contributed by atoms with van der Waals surface area (Å²) in [6, 6.07) is -0.909. The van der Waals surface area contributed by atoms with Crippen LogP contribution >= 0.6 is 0 Å². The van der Waals surface area contributed by atoms with Crippen LogP contribution in [0.4, 0.5) is 0 Å². The van der Waals surface area contributed by atoms with Gasteiger partial charge in [-0.3, -0.25) is 10.2 Å². The van der Waals surface area contributed by atoms with E-state index in [1.807, 2.05) is 0 Å². The molecule has 7 nitrogen and oxygen atoms in total. The summed E-state index contributed by atoms with van der Waals surface area (Å²) in [6.45, 7) is 0.200. The van der Waals surface area contributed by atoms with Gasteiger partial charge in [-0.25, -0.2) is 5.32 Å². The number of aliphatic carboxylic acids is 1. The van der Waals surface area contributed by atoms with Crippen LogP contribution in [0, 0.1) is 10.3 Å². The minimum Gasteiger partial charge on any atom is -0.480 e. The molecule has 1 atom stereocenters. The van der Waals surface area contributed by atoms with Gasteiger partial charge in [0, 0.05) is 11.7 Å². The Morgan fingerprint density at radius 1 is 1.62 bits per heavy atom. The first-order chi connectivity index (χ1) is 6.07.